The summed E-state index contributed by atoms with van der Waals surface area (Å²) in [5, 5.41) is 6.88. The van der Waals surface area contributed by atoms with Gasteiger partial charge in [0.25, 0.3) is 0 Å². The van der Waals surface area contributed by atoms with Gasteiger partial charge in [-0.25, -0.2) is 10.9 Å². The van der Waals surface area contributed by atoms with Gasteiger partial charge in [0.05, 0.1) is 14.2 Å². The van der Waals surface area contributed by atoms with Crippen molar-refractivity contribution in [1.29, 1.82) is 0 Å². The van der Waals surface area contributed by atoms with Gasteiger partial charge in [-0.15, -0.1) is 0 Å². The van der Waals surface area contributed by atoms with Crippen LogP contribution in [0.1, 0.15) is 11.1 Å². The Labute approximate surface area is 169 Å². The molecule has 7 nitrogen and oxygen atoms in total. The fourth-order valence-corrected chi connectivity index (χ4v) is 3.15. The van der Waals surface area contributed by atoms with E-state index in [4.69, 9.17) is 21.1 Å². The molecule has 0 spiro atoms. The Bertz CT molecular complexity index is 801. The monoisotopic (exact) mass is 404 g/mol. The highest BCUT2D eigenvalue weighted by Gasteiger charge is 2.26. The zero-order valence-corrected chi connectivity index (χ0v) is 16.7. The number of methoxy groups -OCH3 is 2. The van der Waals surface area contributed by atoms with E-state index in [1.54, 1.807) is 14.2 Å². The summed E-state index contributed by atoms with van der Waals surface area (Å²) in [5.41, 5.74) is 8.32. The fraction of sp³-hybridized carbons (Fsp3) is 0.350. The molecule has 0 aromatic heterocycles. The first-order valence-corrected chi connectivity index (χ1v) is 9.47. The predicted molar refractivity (Wildman–Crippen MR) is 108 cm³/mol. The molecule has 3 rings (SSSR count). The van der Waals surface area contributed by atoms with E-state index in [2.05, 4.69) is 21.5 Å². The standard InChI is InChI=1S/C20H25ClN4O3/c1-27-17-8-5-14(12-18(17)28-2)9-10-22-20-23-19(26)16(24-25-20)11-13-3-6-15(21)7-4-13/h3-8,12,16,20,22,24-25H,9-11H2,1-2H3,(H,23,26). The van der Waals surface area contributed by atoms with Gasteiger partial charge in [0.2, 0.25) is 5.91 Å². The summed E-state index contributed by atoms with van der Waals surface area (Å²) in [6, 6.07) is 13.0. The summed E-state index contributed by atoms with van der Waals surface area (Å²) >= 11 is 5.90. The van der Waals surface area contributed by atoms with E-state index in [1.165, 1.54) is 0 Å². The molecule has 1 heterocycles. The third-order valence-electron chi connectivity index (χ3n) is 4.57. The average Bonchev–Trinajstić information content (AvgIpc) is 2.71. The Kier molecular flexibility index (Phi) is 7.11. The second-order valence-electron chi connectivity index (χ2n) is 6.51. The third kappa shape index (κ3) is 5.36. The molecule has 2 atom stereocenters. The number of hydrazine groups is 1. The Balaban J connectivity index is 1.45. The molecule has 2 aromatic rings. The second kappa shape index (κ2) is 9.75. The van der Waals surface area contributed by atoms with E-state index in [1.807, 2.05) is 42.5 Å². The average molecular weight is 405 g/mol. The molecule has 0 aliphatic carbocycles. The number of carbonyl (C=O) groups excluding carboxylic acids is 1. The van der Waals surface area contributed by atoms with Crippen LogP contribution in [0.2, 0.25) is 5.02 Å². The van der Waals surface area contributed by atoms with E-state index in [-0.39, 0.29) is 18.2 Å². The smallest absolute Gasteiger partial charge is 0.241 e. The first kappa shape index (κ1) is 20.4. The number of hydrogen-bond donors (Lipinski definition) is 4. The SMILES string of the molecule is COc1ccc(CCNC2NNC(Cc3ccc(Cl)cc3)C(=O)N2)cc1OC. The van der Waals surface area contributed by atoms with Crippen LogP contribution in [0.5, 0.6) is 11.5 Å². The molecule has 150 valence electrons. The van der Waals surface area contributed by atoms with Crippen LogP contribution in [0.4, 0.5) is 0 Å². The molecule has 8 heteroatoms. The van der Waals surface area contributed by atoms with Crippen molar-refractivity contribution in [3.63, 3.8) is 0 Å². The lowest BCUT2D eigenvalue weighted by Crippen LogP contribution is -2.70. The number of benzene rings is 2. The van der Waals surface area contributed by atoms with Crippen LogP contribution in [0.25, 0.3) is 0 Å². The van der Waals surface area contributed by atoms with Gasteiger partial charge in [-0.05, 0) is 48.2 Å². The van der Waals surface area contributed by atoms with E-state index in [0.29, 0.717) is 29.5 Å². The van der Waals surface area contributed by atoms with Crippen molar-refractivity contribution < 1.29 is 14.3 Å². The molecule has 4 N–H and O–H groups in total. The van der Waals surface area contributed by atoms with E-state index in [0.717, 1.165) is 17.5 Å². The van der Waals surface area contributed by atoms with Gasteiger partial charge >= 0.3 is 0 Å². The maximum absolute atomic E-state index is 12.4. The van der Waals surface area contributed by atoms with E-state index >= 15 is 0 Å². The zero-order valence-electron chi connectivity index (χ0n) is 15.9. The molecule has 0 bridgehead atoms. The molecule has 28 heavy (non-hydrogen) atoms. The largest absolute Gasteiger partial charge is 0.493 e. The zero-order chi connectivity index (χ0) is 19.9. The van der Waals surface area contributed by atoms with Gasteiger partial charge < -0.3 is 14.8 Å². The molecule has 1 aliphatic heterocycles. The van der Waals surface area contributed by atoms with Gasteiger partial charge in [0.1, 0.15) is 12.3 Å². The highest BCUT2D eigenvalue weighted by Crippen LogP contribution is 2.27. The first-order valence-electron chi connectivity index (χ1n) is 9.09. The van der Waals surface area contributed by atoms with Gasteiger partial charge in [-0.1, -0.05) is 29.8 Å². The van der Waals surface area contributed by atoms with Gasteiger partial charge in [0, 0.05) is 11.6 Å². The predicted octanol–water partition coefficient (Wildman–Crippen LogP) is 1.61. The van der Waals surface area contributed by atoms with Crippen molar-refractivity contribution in [2.45, 2.75) is 25.2 Å². The van der Waals surface area contributed by atoms with Crippen LogP contribution >= 0.6 is 11.6 Å². The Morgan fingerprint density at radius 1 is 1.00 bits per heavy atom. The van der Waals surface area contributed by atoms with Crippen molar-refractivity contribution >= 4 is 17.5 Å². The van der Waals surface area contributed by atoms with Crippen molar-refractivity contribution in [2.75, 3.05) is 20.8 Å². The normalized spacial score (nSPS) is 19.2. The molecule has 2 unspecified atom stereocenters. The van der Waals surface area contributed by atoms with Crippen molar-refractivity contribution in [3.05, 3.63) is 58.6 Å². The number of ether oxygens (including phenoxy) is 2. The minimum absolute atomic E-state index is 0.0580. The maximum atomic E-state index is 12.4. The van der Waals surface area contributed by atoms with E-state index in [9.17, 15) is 4.79 Å². The van der Waals surface area contributed by atoms with E-state index < -0.39 is 0 Å². The summed E-state index contributed by atoms with van der Waals surface area (Å²) < 4.78 is 10.6. The van der Waals surface area contributed by atoms with Gasteiger partial charge in [0.15, 0.2) is 11.5 Å². The number of nitrogens with one attached hydrogen (secondary N) is 4. The van der Waals surface area contributed by atoms with Gasteiger partial charge in [-0.3, -0.25) is 10.1 Å². The summed E-state index contributed by atoms with van der Waals surface area (Å²) in [7, 11) is 3.23. The molecule has 2 aromatic carbocycles. The molecular weight excluding hydrogens is 380 g/mol. The summed E-state index contributed by atoms with van der Waals surface area (Å²) in [4.78, 5) is 12.4. The topological polar surface area (TPSA) is 83.7 Å². The molecule has 1 aliphatic rings. The molecule has 0 radical (unpaired) electrons. The lowest BCUT2D eigenvalue weighted by atomic mass is 10.1. The Morgan fingerprint density at radius 3 is 2.39 bits per heavy atom. The minimum Gasteiger partial charge on any atom is -0.493 e. The van der Waals surface area contributed by atoms with Crippen LogP contribution in [0, 0.1) is 0 Å². The van der Waals surface area contributed by atoms with Crippen LogP contribution in [0.15, 0.2) is 42.5 Å². The number of halogens is 1. The fourth-order valence-electron chi connectivity index (χ4n) is 3.03. The minimum atomic E-state index is -0.343. The Morgan fingerprint density at radius 2 is 1.71 bits per heavy atom. The lowest BCUT2D eigenvalue weighted by Gasteiger charge is -2.32. The number of amides is 1. The maximum Gasteiger partial charge on any atom is 0.241 e. The van der Waals surface area contributed by atoms with Crippen LogP contribution in [-0.2, 0) is 17.6 Å². The molecule has 1 saturated heterocycles. The Hall–Kier alpha value is -2.32. The quantitative estimate of drug-likeness (QED) is 0.535. The third-order valence-corrected chi connectivity index (χ3v) is 4.82. The van der Waals surface area contributed by atoms with Crippen LogP contribution in [0.3, 0.4) is 0 Å². The summed E-state index contributed by atoms with van der Waals surface area (Å²) in [6.45, 7) is 0.678. The summed E-state index contributed by atoms with van der Waals surface area (Å²) in [5.74, 6) is 1.35. The van der Waals surface area contributed by atoms with Crippen molar-refractivity contribution in [2.24, 2.45) is 0 Å². The number of rotatable bonds is 8. The second-order valence-corrected chi connectivity index (χ2v) is 6.94. The summed E-state index contributed by atoms with van der Waals surface area (Å²) in [6.07, 6.45) is 1.02. The number of carbonyl (C=O) groups is 1. The van der Waals surface area contributed by atoms with Crippen molar-refractivity contribution in [3.8, 4) is 11.5 Å². The lowest BCUT2D eigenvalue weighted by molar-refractivity contribution is -0.127. The molecule has 1 amide bonds. The highest BCUT2D eigenvalue weighted by molar-refractivity contribution is 6.30. The van der Waals surface area contributed by atoms with Crippen molar-refractivity contribution in [1.82, 2.24) is 21.5 Å². The first-order chi connectivity index (χ1) is 13.6. The highest BCUT2D eigenvalue weighted by atomic mass is 35.5. The number of hydrogen-bond acceptors (Lipinski definition) is 6. The molecule has 0 saturated carbocycles. The molecule has 1 fully saturated rings. The van der Waals surface area contributed by atoms with Crippen LogP contribution < -0.4 is 31.0 Å². The molecular formula is C20H25ClN4O3. The van der Waals surface area contributed by atoms with Gasteiger partial charge in [-0.2, -0.15) is 0 Å². The van der Waals surface area contributed by atoms with Crippen LogP contribution in [-0.4, -0.2) is 39.0 Å².